The van der Waals surface area contributed by atoms with Crippen LogP contribution in [0.5, 0.6) is 0 Å². The van der Waals surface area contributed by atoms with Crippen molar-refractivity contribution in [3.05, 3.63) is 42.5 Å². The smallest absolute Gasteiger partial charge is 0.240 e. The molecule has 1 amide bonds. The van der Waals surface area contributed by atoms with Crippen molar-refractivity contribution in [3.8, 4) is 11.8 Å². The molecule has 0 spiro atoms. The number of aromatic nitrogens is 2. The molecule has 136 valence electrons. The highest BCUT2D eigenvalue weighted by molar-refractivity contribution is 5.81. The van der Waals surface area contributed by atoms with E-state index >= 15 is 0 Å². The number of amides is 1. The molecular weight excluding hydrogens is 333 g/mol. The fourth-order valence-corrected chi connectivity index (χ4v) is 3.30. The van der Waals surface area contributed by atoms with Crippen LogP contribution in [-0.4, -0.2) is 27.8 Å². The van der Waals surface area contributed by atoms with Gasteiger partial charge in [-0.15, -0.1) is 0 Å². The van der Waals surface area contributed by atoms with Gasteiger partial charge < -0.3 is 10.6 Å². The maximum Gasteiger partial charge on any atom is 0.240 e. The van der Waals surface area contributed by atoms with Gasteiger partial charge in [-0.25, -0.2) is 9.07 Å². The Balaban J connectivity index is 1.59. The van der Waals surface area contributed by atoms with Crippen LogP contribution in [0.2, 0.25) is 0 Å². The number of benzene rings is 1. The summed E-state index contributed by atoms with van der Waals surface area (Å²) in [5, 5.41) is 19.3. The Kier molecular flexibility index (Phi) is 5.52. The number of hydrogen-bond acceptors (Lipinski definition) is 4. The van der Waals surface area contributed by atoms with Crippen LogP contribution in [0.1, 0.15) is 38.5 Å². The third-order valence-corrected chi connectivity index (χ3v) is 4.70. The predicted molar refractivity (Wildman–Crippen MR) is 96.2 cm³/mol. The van der Waals surface area contributed by atoms with Gasteiger partial charge in [0.05, 0.1) is 12.6 Å². The highest BCUT2D eigenvalue weighted by Gasteiger charge is 2.32. The van der Waals surface area contributed by atoms with Crippen molar-refractivity contribution in [2.24, 2.45) is 0 Å². The number of carbonyl (C=O) groups excluding carboxylic acids is 1. The molecular formula is C19H22FN5O. The first-order valence-corrected chi connectivity index (χ1v) is 8.88. The Bertz CT molecular complexity index is 789. The Morgan fingerprint density at radius 1 is 1.31 bits per heavy atom. The van der Waals surface area contributed by atoms with E-state index in [4.69, 9.17) is 0 Å². The van der Waals surface area contributed by atoms with E-state index in [1.54, 1.807) is 30.6 Å². The first-order valence-electron chi connectivity index (χ1n) is 8.88. The molecule has 1 fully saturated rings. The van der Waals surface area contributed by atoms with Crippen molar-refractivity contribution in [2.45, 2.75) is 44.1 Å². The lowest BCUT2D eigenvalue weighted by molar-refractivity contribution is -0.120. The summed E-state index contributed by atoms with van der Waals surface area (Å²) in [6.07, 6.45) is 8.69. The summed E-state index contributed by atoms with van der Waals surface area (Å²) in [5.41, 5.74) is 0.0668. The van der Waals surface area contributed by atoms with Crippen LogP contribution in [0.4, 0.5) is 10.1 Å². The van der Waals surface area contributed by atoms with E-state index in [0.717, 1.165) is 25.7 Å². The molecule has 2 N–H and O–H groups in total. The van der Waals surface area contributed by atoms with E-state index < -0.39 is 11.4 Å². The van der Waals surface area contributed by atoms with Gasteiger partial charge in [-0.1, -0.05) is 25.7 Å². The summed E-state index contributed by atoms with van der Waals surface area (Å²) in [7, 11) is 0. The predicted octanol–water partition coefficient (Wildman–Crippen LogP) is 3.16. The lowest BCUT2D eigenvalue weighted by Gasteiger charge is -2.26. The van der Waals surface area contributed by atoms with Crippen LogP contribution in [0.3, 0.4) is 0 Å². The fraction of sp³-hybridized carbons (Fsp3) is 0.421. The summed E-state index contributed by atoms with van der Waals surface area (Å²) in [6, 6.07) is 8.63. The molecule has 0 radical (unpaired) electrons. The molecule has 1 aliphatic rings. The Morgan fingerprint density at radius 3 is 2.69 bits per heavy atom. The summed E-state index contributed by atoms with van der Waals surface area (Å²) in [4.78, 5) is 12.3. The van der Waals surface area contributed by atoms with E-state index in [9.17, 15) is 14.4 Å². The van der Waals surface area contributed by atoms with E-state index in [1.807, 2.05) is 0 Å². The Morgan fingerprint density at radius 2 is 2.08 bits per heavy atom. The second kappa shape index (κ2) is 8.00. The first kappa shape index (κ1) is 17.9. The zero-order valence-corrected chi connectivity index (χ0v) is 14.5. The van der Waals surface area contributed by atoms with Crippen molar-refractivity contribution in [2.75, 3.05) is 11.9 Å². The second-order valence-corrected chi connectivity index (χ2v) is 6.63. The van der Waals surface area contributed by atoms with Crippen molar-refractivity contribution < 1.29 is 9.18 Å². The maximum atomic E-state index is 14.2. The lowest BCUT2D eigenvalue weighted by Crippen LogP contribution is -2.48. The molecule has 1 aliphatic carbocycles. The Labute approximate surface area is 152 Å². The molecule has 1 aromatic carbocycles. The second-order valence-electron chi connectivity index (χ2n) is 6.63. The minimum Gasteiger partial charge on any atom is -0.376 e. The zero-order chi connectivity index (χ0) is 18.4. The minimum atomic E-state index is -0.773. The zero-order valence-electron chi connectivity index (χ0n) is 14.5. The van der Waals surface area contributed by atoms with Gasteiger partial charge in [-0.2, -0.15) is 10.4 Å². The third-order valence-electron chi connectivity index (χ3n) is 4.70. The summed E-state index contributed by atoms with van der Waals surface area (Å²) >= 11 is 0. The topological polar surface area (TPSA) is 82.7 Å². The van der Waals surface area contributed by atoms with Gasteiger partial charge in [-0.05, 0) is 37.1 Å². The van der Waals surface area contributed by atoms with Crippen LogP contribution in [0.15, 0.2) is 36.7 Å². The van der Waals surface area contributed by atoms with E-state index in [2.05, 4.69) is 21.8 Å². The number of rotatable bonds is 5. The highest BCUT2D eigenvalue weighted by atomic mass is 19.1. The summed E-state index contributed by atoms with van der Waals surface area (Å²) in [6.45, 7) is -0.00993. The Hall–Kier alpha value is -2.88. The van der Waals surface area contributed by atoms with Gasteiger partial charge >= 0.3 is 0 Å². The largest absolute Gasteiger partial charge is 0.376 e. The van der Waals surface area contributed by atoms with Gasteiger partial charge in [0.2, 0.25) is 5.91 Å². The summed E-state index contributed by atoms with van der Waals surface area (Å²) in [5.74, 6) is -0.693. The van der Waals surface area contributed by atoms with Crippen molar-refractivity contribution >= 4 is 11.6 Å². The normalized spacial score (nSPS) is 16.3. The number of anilines is 1. The number of carbonyl (C=O) groups is 1. The van der Waals surface area contributed by atoms with E-state index in [0.29, 0.717) is 24.2 Å². The molecule has 1 heterocycles. The van der Waals surface area contributed by atoms with Crippen LogP contribution in [-0.2, 0) is 4.79 Å². The molecule has 7 heteroatoms. The SMILES string of the molecule is N#CC1(NC(=O)CNc2ccc(-n3cccn3)c(F)c2)CCCCCC1. The number of nitriles is 1. The molecule has 6 nitrogen and oxygen atoms in total. The molecule has 1 aromatic heterocycles. The van der Waals surface area contributed by atoms with Crippen molar-refractivity contribution in [1.82, 2.24) is 15.1 Å². The first-order chi connectivity index (χ1) is 12.6. The van der Waals surface area contributed by atoms with Crippen LogP contribution in [0.25, 0.3) is 5.69 Å². The number of nitrogens with zero attached hydrogens (tertiary/aromatic N) is 3. The molecule has 26 heavy (non-hydrogen) atoms. The molecule has 0 bridgehead atoms. The molecule has 2 aromatic rings. The molecule has 3 rings (SSSR count). The number of nitrogens with one attached hydrogen (secondary N) is 2. The molecule has 0 saturated heterocycles. The number of halogens is 1. The van der Waals surface area contributed by atoms with Gasteiger partial charge in [0.1, 0.15) is 11.2 Å². The van der Waals surface area contributed by atoms with Crippen LogP contribution >= 0.6 is 0 Å². The average Bonchev–Trinajstić information content (AvgIpc) is 3.07. The lowest BCUT2D eigenvalue weighted by atomic mass is 9.92. The number of hydrogen-bond donors (Lipinski definition) is 2. The van der Waals surface area contributed by atoms with Gasteiger partial charge in [0.25, 0.3) is 0 Å². The van der Waals surface area contributed by atoms with Crippen molar-refractivity contribution in [1.29, 1.82) is 5.26 Å². The van der Waals surface area contributed by atoms with Gasteiger partial charge in [0, 0.05) is 18.1 Å². The molecule has 0 atom stereocenters. The summed E-state index contributed by atoms with van der Waals surface area (Å²) < 4.78 is 15.7. The van der Waals surface area contributed by atoms with E-state index in [-0.39, 0.29) is 12.5 Å². The highest BCUT2D eigenvalue weighted by Crippen LogP contribution is 2.26. The average molecular weight is 355 g/mol. The molecule has 0 aliphatic heterocycles. The minimum absolute atomic E-state index is 0.00993. The van der Waals surface area contributed by atoms with Crippen LogP contribution < -0.4 is 10.6 Å². The van der Waals surface area contributed by atoms with E-state index in [1.165, 1.54) is 10.7 Å². The quantitative estimate of drug-likeness (QED) is 0.807. The van der Waals surface area contributed by atoms with Crippen LogP contribution in [0, 0.1) is 17.1 Å². The third kappa shape index (κ3) is 4.20. The standard InChI is InChI=1S/C19H22FN5O/c20-16-12-15(6-7-17(16)25-11-5-10-23-25)22-13-18(26)24-19(14-21)8-3-1-2-4-9-19/h5-7,10-12,22H,1-4,8-9,13H2,(H,24,26). The maximum absolute atomic E-state index is 14.2. The molecule has 1 saturated carbocycles. The molecule has 0 unspecified atom stereocenters. The fourth-order valence-electron chi connectivity index (χ4n) is 3.30. The van der Waals surface area contributed by atoms with Gasteiger partial charge in [0.15, 0.2) is 5.82 Å². The monoisotopic (exact) mass is 355 g/mol. The van der Waals surface area contributed by atoms with Gasteiger partial charge in [-0.3, -0.25) is 4.79 Å². The van der Waals surface area contributed by atoms with Crippen molar-refractivity contribution in [3.63, 3.8) is 0 Å².